The maximum absolute atomic E-state index is 11.6. The van der Waals surface area contributed by atoms with Crippen molar-refractivity contribution in [3.05, 3.63) is 53.6 Å². The van der Waals surface area contributed by atoms with Crippen molar-refractivity contribution in [2.45, 2.75) is 13.0 Å². The zero-order chi connectivity index (χ0) is 17.9. The Hall–Kier alpha value is -3.20. The number of nitrogens with zero attached hydrogens (tertiary/aromatic N) is 1. The maximum Gasteiger partial charge on any atom is 0.407 e. The SMILES string of the molecule is COc1ccc(C#CCCNC(=O)OCc2ccccc2)c(OC)n1. The van der Waals surface area contributed by atoms with Crippen LogP contribution < -0.4 is 14.8 Å². The summed E-state index contributed by atoms with van der Waals surface area (Å²) in [4.78, 5) is 15.7. The molecule has 25 heavy (non-hydrogen) atoms. The molecule has 0 aliphatic heterocycles. The van der Waals surface area contributed by atoms with Gasteiger partial charge in [0.15, 0.2) is 0 Å². The first-order chi connectivity index (χ1) is 12.2. The van der Waals surface area contributed by atoms with Crippen LogP contribution in [0.3, 0.4) is 0 Å². The number of amides is 1. The number of pyridine rings is 1. The second-order valence-corrected chi connectivity index (χ2v) is 4.95. The fraction of sp³-hybridized carbons (Fsp3) is 0.263. The van der Waals surface area contributed by atoms with E-state index in [1.54, 1.807) is 12.1 Å². The Morgan fingerprint density at radius 2 is 1.92 bits per heavy atom. The fourth-order valence-corrected chi connectivity index (χ4v) is 1.95. The summed E-state index contributed by atoms with van der Waals surface area (Å²) >= 11 is 0. The van der Waals surface area contributed by atoms with Crippen LogP contribution in [-0.4, -0.2) is 31.8 Å². The van der Waals surface area contributed by atoms with Crippen LogP contribution in [0.2, 0.25) is 0 Å². The minimum absolute atomic E-state index is 0.243. The lowest BCUT2D eigenvalue weighted by atomic mass is 10.2. The molecule has 0 saturated carbocycles. The first-order valence-corrected chi connectivity index (χ1v) is 7.75. The van der Waals surface area contributed by atoms with Crippen LogP contribution in [-0.2, 0) is 11.3 Å². The minimum atomic E-state index is -0.464. The van der Waals surface area contributed by atoms with Gasteiger partial charge in [0, 0.05) is 19.0 Å². The van der Waals surface area contributed by atoms with Crippen LogP contribution in [0.25, 0.3) is 0 Å². The van der Waals surface area contributed by atoms with Gasteiger partial charge in [-0.25, -0.2) is 4.79 Å². The topological polar surface area (TPSA) is 69.7 Å². The molecule has 1 N–H and O–H groups in total. The standard InChI is InChI=1S/C19H20N2O4/c1-23-17-12-11-16(18(21-17)24-2)10-6-7-13-20-19(22)25-14-15-8-4-3-5-9-15/h3-5,8-9,11-12H,7,13-14H2,1-2H3,(H,20,22). The van der Waals surface area contributed by atoms with Crippen LogP contribution in [0.15, 0.2) is 42.5 Å². The van der Waals surface area contributed by atoms with Crippen molar-refractivity contribution in [3.8, 4) is 23.6 Å². The summed E-state index contributed by atoms with van der Waals surface area (Å²) in [7, 11) is 3.06. The molecular weight excluding hydrogens is 320 g/mol. The smallest absolute Gasteiger partial charge is 0.407 e. The number of aromatic nitrogens is 1. The monoisotopic (exact) mass is 340 g/mol. The molecule has 6 heteroatoms. The summed E-state index contributed by atoms with van der Waals surface area (Å²) in [5, 5.41) is 2.66. The molecule has 1 heterocycles. The molecule has 0 bridgehead atoms. The first-order valence-electron chi connectivity index (χ1n) is 7.75. The van der Waals surface area contributed by atoms with E-state index in [1.807, 2.05) is 30.3 Å². The molecule has 1 amide bonds. The fourth-order valence-electron chi connectivity index (χ4n) is 1.95. The molecule has 2 rings (SSSR count). The average Bonchev–Trinajstić information content (AvgIpc) is 2.67. The number of rotatable bonds is 6. The normalized spacial score (nSPS) is 9.52. The largest absolute Gasteiger partial charge is 0.481 e. The molecule has 2 aromatic rings. The van der Waals surface area contributed by atoms with Crippen molar-refractivity contribution in [2.75, 3.05) is 20.8 Å². The van der Waals surface area contributed by atoms with E-state index in [0.29, 0.717) is 30.3 Å². The van der Waals surface area contributed by atoms with Crippen LogP contribution in [0.4, 0.5) is 4.79 Å². The van der Waals surface area contributed by atoms with Crippen LogP contribution in [0.5, 0.6) is 11.8 Å². The zero-order valence-corrected chi connectivity index (χ0v) is 14.2. The van der Waals surface area contributed by atoms with Gasteiger partial charge in [0.05, 0.1) is 19.8 Å². The van der Waals surface area contributed by atoms with Gasteiger partial charge in [-0.15, -0.1) is 0 Å². The Bertz CT molecular complexity index is 751. The summed E-state index contributed by atoms with van der Waals surface area (Å²) in [5.74, 6) is 6.79. The number of alkyl carbamates (subject to hydrolysis) is 1. The molecule has 0 saturated heterocycles. The molecule has 0 unspecified atom stereocenters. The molecule has 0 fully saturated rings. The van der Waals surface area contributed by atoms with E-state index in [0.717, 1.165) is 5.56 Å². The van der Waals surface area contributed by atoms with E-state index in [-0.39, 0.29) is 6.61 Å². The van der Waals surface area contributed by atoms with Gasteiger partial charge in [-0.05, 0) is 11.6 Å². The van der Waals surface area contributed by atoms with Crippen molar-refractivity contribution in [2.24, 2.45) is 0 Å². The molecule has 0 aliphatic carbocycles. The van der Waals surface area contributed by atoms with Gasteiger partial charge < -0.3 is 19.5 Å². The van der Waals surface area contributed by atoms with Crippen molar-refractivity contribution < 1.29 is 19.0 Å². The van der Waals surface area contributed by atoms with Gasteiger partial charge in [0.25, 0.3) is 0 Å². The molecule has 1 aromatic heterocycles. The Morgan fingerprint density at radius 1 is 1.12 bits per heavy atom. The maximum atomic E-state index is 11.6. The van der Waals surface area contributed by atoms with E-state index in [9.17, 15) is 4.79 Å². The second-order valence-electron chi connectivity index (χ2n) is 4.95. The van der Waals surface area contributed by atoms with Crippen molar-refractivity contribution >= 4 is 6.09 Å². The predicted octanol–water partition coefficient (Wildman–Crippen LogP) is 2.77. The van der Waals surface area contributed by atoms with Crippen LogP contribution >= 0.6 is 0 Å². The number of methoxy groups -OCH3 is 2. The average molecular weight is 340 g/mol. The van der Waals surface area contributed by atoms with Crippen molar-refractivity contribution in [1.82, 2.24) is 10.3 Å². The summed E-state index contributed by atoms with van der Waals surface area (Å²) in [6.07, 6.45) is 0.0182. The second kappa shape index (κ2) is 9.83. The highest BCUT2D eigenvalue weighted by Gasteiger charge is 2.04. The van der Waals surface area contributed by atoms with Gasteiger partial charge in [-0.2, -0.15) is 4.98 Å². The van der Waals surface area contributed by atoms with Gasteiger partial charge in [0.1, 0.15) is 6.61 Å². The molecule has 0 radical (unpaired) electrons. The summed E-state index contributed by atoms with van der Waals surface area (Å²) in [6.45, 7) is 0.638. The van der Waals surface area contributed by atoms with E-state index in [4.69, 9.17) is 14.2 Å². The molecule has 130 valence electrons. The molecule has 0 spiro atoms. The highest BCUT2D eigenvalue weighted by Crippen LogP contribution is 2.18. The minimum Gasteiger partial charge on any atom is -0.481 e. The predicted molar refractivity (Wildman–Crippen MR) is 93.5 cm³/mol. The third-order valence-electron chi connectivity index (χ3n) is 3.19. The molecule has 1 aromatic carbocycles. The lowest BCUT2D eigenvalue weighted by Crippen LogP contribution is -2.24. The number of nitrogens with one attached hydrogen (secondary N) is 1. The number of benzene rings is 1. The van der Waals surface area contributed by atoms with E-state index in [1.165, 1.54) is 14.2 Å². The Morgan fingerprint density at radius 3 is 2.64 bits per heavy atom. The van der Waals surface area contributed by atoms with Crippen molar-refractivity contribution in [1.29, 1.82) is 0 Å². The number of hydrogen-bond acceptors (Lipinski definition) is 5. The third-order valence-corrected chi connectivity index (χ3v) is 3.19. The molecular formula is C19H20N2O4. The zero-order valence-electron chi connectivity index (χ0n) is 14.2. The molecule has 6 nitrogen and oxygen atoms in total. The number of carbonyl (C=O) groups is 1. The number of ether oxygens (including phenoxy) is 3. The summed E-state index contributed by atoms with van der Waals surface area (Å²) < 4.78 is 15.3. The van der Waals surface area contributed by atoms with Crippen LogP contribution in [0.1, 0.15) is 17.5 Å². The van der Waals surface area contributed by atoms with E-state index in [2.05, 4.69) is 22.1 Å². The number of carbonyl (C=O) groups excluding carboxylic acids is 1. The molecule has 0 aliphatic rings. The first kappa shape index (κ1) is 18.1. The van der Waals surface area contributed by atoms with Gasteiger partial charge in [-0.3, -0.25) is 0 Å². The third kappa shape index (κ3) is 6.07. The highest BCUT2D eigenvalue weighted by atomic mass is 16.5. The van der Waals surface area contributed by atoms with Gasteiger partial charge in [-0.1, -0.05) is 42.2 Å². The summed E-state index contributed by atoms with van der Waals surface area (Å²) in [6, 6.07) is 13.0. The highest BCUT2D eigenvalue weighted by molar-refractivity contribution is 5.67. The Labute approximate surface area is 147 Å². The van der Waals surface area contributed by atoms with Gasteiger partial charge in [0.2, 0.25) is 11.8 Å². The Balaban J connectivity index is 1.74. The quantitative estimate of drug-likeness (QED) is 0.647. The number of hydrogen-bond donors (Lipinski definition) is 1. The molecule has 0 atom stereocenters. The van der Waals surface area contributed by atoms with E-state index >= 15 is 0 Å². The van der Waals surface area contributed by atoms with E-state index < -0.39 is 6.09 Å². The Kier molecular flexibility index (Phi) is 7.13. The van der Waals surface area contributed by atoms with Crippen LogP contribution in [0, 0.1) is 11.8 Å². The summed E-state index contributed by atoms with van der Waals surface area (Å²) in [5.41, 5.74) is 1.60. The lowest BCUT2D eigenvalue weighted by molar-refractivity contribution is 0.140. The van der Waals surface area contributed by atoms with Gasteiger partial charge >= 0.3 is 6.09 Å². The lowest BCUT2D eigenvalue weighted by Gasteiger charge is -2.05. The van der Waals surface area contributed by atoms with Crippen molar-refractivity contribution in [3.63, 3.8) is 0 Å².